The second-order valence-electron chi connectivity index (χ2n) is 5.74. The van der Waals surface area contributed by atoms with Crippen LogP contribution in [0.3, 0.4) is 0 Å². The van der Waals surface area contributed by atoms with Crippen molar-refractivity contribution in [2.75, 3.05) is 0 Å². The zero-order chi connectivity index (χ0) is 16.2. The van der Waals surface area contributed by atoms with E-state index >= 15 is 0 Å². The molecule has 0 saturated carbocycles. The van der Waals surface area contributed by atoms with Crippen LogP contribution in [0.5, 0.6) is 23.0 Å². The van der Waals surface area contributed by atoms with Gasteiger partial charge in [-0.05, 0) is 68.3 Å². The molecule has 0 amide bonds. The van der Waals surface area contributed by atoms with Gasteiger partial charge in [-0.2, -0.15) is 0 Å². The van der Waals surface area contributed by atoms with Gasteiger partial charge >= 0.3 is 0 Å². The van der Waals surface area contributed by atoms with Gasteiger partial charge in [0.25, 0.3) is 0 Å². The molecule has 0 bridgehead atoms. The average Bonchev–Trinajstić information content (AvgIpc) is 2.54. The van der Waals surface area contributed by atoms with Crippen molar-refractivity contribution in [1.29, 1.82) is 0 Å². The van der Waals surface area contributed by atoms with Gasteiger partial charge in [0, 0.05) is 6.07 Å². The molecule has 0 spiro atoms. The van der Waals surface area contributed by atoms with E-state index in [1.807, 2.05) is 60.7 Å². The Kier molecular flexibility index (Phi) is 4.33. The predicted molar refractivity (Wildman–Crippen MR) is 93.7 cm³/mol. The number of benzene rings is 3. The lowest BCUT2D eigenvalue weighted by molar-refractivity contribution is 0.460. The van der Waals surface area contributed by atoms with E-state index in [2.05, 4.69) is 26.8 Å². The normalized spacial score (nSPS) is 10.4. The van der Waals surface area contributed by atoms with Gasteiger partial charge in [0.2, 0.25) is 0 Å². The van der Waals surface area contributed by atoms with Crippen LogP contribution >= 0.6 is 0 Å². The van der Waals surface area contributed by atoms with Gasteiger partial charge in [-0.15, -0.1) is 0 Å². The van der Waals surface area contributed by atoms with Crippen molar-refractivity contribution in [3.63, 3.8) is 0 Å². The molecule has 0 atom stereocenters. The zero-order valence-electron chi connectivity index (χ0n) is 13.7. The first-order valence-corrected chi connectivity index (χ1v) is 7.70. The number of rotatable bonds is 4. The van der Waals surface area contributed by atoms with Crippen LogP contribution < -0.4 is 9.47 Å². The molecule has 0 aliphatic heterocycles. The molecule has 0 aliphatic carbocycles. The van der Waals surface area contributed by atoms with Gasteiger partial charge in [0.05, 0.1) is 0 Å². The van der Waals surface area contributed by atoms with Crippen LogP contribution in [-0.4, -0.2) is 0 Å². The summed E-state index contributed by atoms with van der Waals surface area (Å²) in [6, 6.07) is 21.8. The third kappa shape index (κ3) is 3.92. The molecule has 3 aromatic carbocycles. The molecule has 0 unspecified atom stereocenters. The number of aryl methyl sites for hydroxylation is 3. The summed E-state index contributed by atoms with van der Waals surface area (Å²) in [5, 5.41) is 0. The SMILES string of the molecule is Cc1ccc(Oc2cccc(Oc3ccc(C)c(C)c3)c2)cc1. The van der Waals surface area contributed by atoms with Crippen molar-refractivity contribution in [3.8, 4) is 23.0 Å². The van der Waals surface area contributed by atoms with Crippen LogP contribution in [0.4, 0.5) is 0 Å². The fraction of sp³-hybridized carbons (Fsp3) is 0.143. The summed E-state index contributed by atoms with van der Waals surface area (Å²) in [7, 11) is 0. The molecule has 0 N–H and O–H groups in total. The smallest absolute Gasteiger partial charge is 0.131 e. The Bertz CT molecular complexity index is 804. The van der Waals surface area contributed by atoms with E-state index in [1.54, 1.807) is 0 Å². The van der Waals surface area contributed by atoms with Crippen LogP contribution in [-0.2, 0) is 0 Å². The molecule has 0 radical (unpaired) electrons. The van der Waals surface area contributed by atoms with Crippen LogP contribution in [0, 0.1) is 20.8 Å². The van der Waals surface area contributed by atoms with Crippen LogP contribution in [0.25, 0.3) is 0 Å². The zero-order valence-corrected chi connectivity index (χ0v) is 13.7. The van der Waals surface area contributed by atoms with E-state index in [-0.39, 0.29) is 0 Å². The van der Waals surface area contributed by atoms with Gasteiger partial charge in [-0.3, -0.25) is 0 Å². The Morgan fingerprint density at radius 2 is 1.09 bits per heavy atom. The highest BCUT2D eigenvalue weighted by atomic mass is 16.5. The van der Waals surface area contributed by atoms with E-state index in [4.69, 9.17) is 9.47 Å². The highest BCUT2D eigenvalue weighted by Crippen LogP contribution is 2.29. The molecule has 116 valence electrons. The second kappa shape index (κ2) is 6.57. The van der Waals surface area contributed by atoms with Crippen molar-refractivity contribution in [2.24, 2.45) is 0 Å². The minimum atomic E-state index is 0.759. The summed E-state index contributed by atoms with van der Waals surface area (Å²) in [6.07, 6.45) is 0. The average molecular weight is 304 g/mol. The first kappa shape index (κ1) is 15.2. The molecule has 2 heteroatoms. The van der Waals surface area contributed by atoms with Crippen molar-refractivity contribution >= 4 is 0 Å². The van der Waals surface area contributed by atoms with Gasteiger partial charge in [-0.25, -0.2) is 0 Å². The molecule has 0 aromatic heterocycles. The fourth-order valence-electron chi connectivity index (χ4n) is 2.26. The molecule has 23 heavy (non-hydrogen) atoms. The van der Waals surface area contributed by atoms with Crippen molar-refractivity contribution in [3.05, 3.63) is 83.4 Å². The summed E-state index contributed by atoms with van der Waals surface area (Å²) < 4.78 is 11.8. The Balaban J connectivity index is 1.76. The maximum absolute atomic E-state index is 5.93. The van der Waals surface area contributed by atoms with Crippen molar-refractivity contribution in [1.82, 2.24) is 0 Å². The monoisotopic (exact) mass is 304 g/mol. The summed E-state index contributed by atoms with van der Waals surface area (Å²) in [4.78, 5) is 0. The maximum Gasteiger partial charge on any atom is 0.131 e. The standard InChI is InChI=1S/C21H20O2/c1-15-7-10-18(11-8-15)22-19-5-4-6-20(14-19)23-21-12-9-16(2)17(3)13-21/h4-14H,1-3H3. The van der Waals surface area contributed by atoms with E-state index in [9.17, 15) is 0 Å². The number of hydrogen-bond acceptors (Lipinski definition) is 2. The molecule has 0 saturated heterocycles. The number of ether oxygens (including phenoxy) is 2. The third-order valence-corrected chi connectivity index (χ3v) is 3.78. The van der Waals surface area contributed by atoms with E-state index in [0.29, 0.717) is 0 Å². The van der Waals surface area contributed by atoms with E-state index in [1.165, 1.54) is 16.7 Å². The fourth-order valence-corrected chi connectivity index (χ4v) is 2.26. The second-order valence-corrected chi connectivity index (χ2v) is 5.74. The van der Waals surface area contributed by atoms with Crippen LogP contribution in [0.1, 0.15) is 16.7 Å². The highest BCUT2D eigenvalue weighted by Gasteiger charge is 2.03. The molecule has 3 aromatic rings. The highest BCUT2D eigenvalue weighted by molar-refractivity contribution is 5.41. The molecule has 0 fully saturated rings. The summed E-state index contributed by atoms with van der Waals surface area (Å²) in [5.41, 5.74) is 3.69. The lowest BCUT2D eigenvalue weighted by atomic mass is 10.1. The Morgan fingerprint density at radius 1 is 0.522 bits per heavy atom. The van der Waals surface area contributed by atoms with Crippen LogP contribution in [0.2, 0.25) is 0 Å². The lowest BCUT2D eigenvalue weighted by Gasteiger charge is -2.10. The van der Waals surface area contributed by atoms with Crippen molar-refractivity contribution < 1.29 is 9.47 Å². The van der Waals surface area contributed by atoms with E-state index < -0.39 is 0 Å². The molecule has 3 rings (SSSR count). The Labute approximate surface area is 137 Å². The third-order valence-electron chi connectivity index (χ3n) is 3.78. The maximum atomic E-state index is 5.93. The Hall–Kier alpha value is -2.74. The molecule has 2 nitrogen and oxygen atoms in total. The van der Waals surface area contributed by atoms with E-state index in [0.717, 1.165) is 23.0 Å². The minimum absolute atomic E-state index is 0.759. The summed E-state index contributed by atoms with van der Waals surface area (Å²) in [5.74, 6) is 3.17. The van der Waals surface area contributed by atoms with Gasteiger partial charge < -0.3 is 9.47 Å². The molecular weight excluding hydrogens is 284 g/mol. The first-order chi connectivity index (χ1) is 11.1. The largest absolute Gasteiger partial charge is 0.457 e. The van der Waals surface area contributed by atoms with Crippen molar-refractivity contribution in [2.45, 2.75) is 20.8 Å². The quantitative estimate of drug-likeness (QED) is 0.571. The molecule has 0 heterocycles. The summed E-state index contributed by atoms with van der Waals surface area (Å²) in [6.45, 7) is 6.23. The van der Waals surface area contributed by atoms with Crippen LogP contribution in [0.15, 0.2) is 66.7 Å². The molecular formula is C21H20O2. The topological polar surface area (TPSA) is 18.5 Å². The van der Waals surface area contributed by atoms with Gasteiger partial charge in [0.1, 0.15) is 23.0 Å². The lowest BCUT2D eigenvalue weighted by Crippen LogP contribution is -1.88. The number of hydrogen-bond donors (Lipinski definition) is 0. The first-order valence-electron chi connectivity index (χ1n) is 7.70. The minimum Gasteiger partial charge on any atom is -0.457 e. The summed E-state index contributed by atoms with van der Waals surface area (Å²) >= 11 is 0. The Morgan fingerprint density at radius 3 is 1.74 bits per heavy atom. The predicted octanol–water partition coefficient (Wildman–Crippen LogP) is 6.20. The van der Waals surface area contributed by atoms with Gasteiger partial charge in [-0.1, -0.05) is 29.8 Å². The van der Waals surface area contributed by atoms with Gasteiger partial charge in [0.15, 0.2) is 0 Å². The molecule has 0 aliphatic rings.